The Kier molecular flexibility index (Phi) is 6.72. The first-order valence-electron chi connectivity index (χ1n) is 9.01. The van der Waals surface area contributed by atoms with Crippen LogP contribution in [-0.4, -0.2) is 59.9 Å². The predicted octanol–water partition coefficient (Wildman–Crippen LogP) is 1.80. The van der Waals surface area contributed by atoms with Gasteiger partial charge in [0.2, 0.25) is 11.8 Å². The molecule has 0 spiro atoms. The lowest BCUT2D eigenvalue weighted by Gasteiger charge is -2.37. The number of piperidine rings is 1. The van der Waals surface area contributed by atoms with Gasteiger partial charge in [-0.2, -0.15) is 0 Å². The summed E-state index contributed by atoms with van der Waals surface area (Å²) in [6, 6.07) is 0.802. The van der Waals surface area contributed by atoms with Crippen LogP contribution in [-0.2, 0) is 9.59 Å². The zero-order chi connectivity index (χ0) is 15.5. The number of likely N-dealkylation sites (tertiary alicyclic amines) is 1. The number of nitrogens with one attached hydrogen (secondary N) is 1. The van der Waals surface area contributed by atoms with E-state index in [1.807, 2.05) is 11.8 Å². The molecule has 0 aromatic carbocycles. The number of carbonyl (C=O) groups excluding carboxylic acids is 2. The summed E-state index contributed by atoms with van der Waals surface area (Å²) in [5, 5.41) is 3.45. The molecule has 1 N–H and O–H groups in total. The van der Waals surface area contributed by atoms with Crippen molar-refractivity contribution in [2.45, 2.75) is 64.0 Å². The Morgan fingerprint density at radius 2 is 1.91 bits per heavy atom. The number of nitrogens with zero attached hydrogens (tertiary/aromatic N) is 2. The standard InChI is InChI=1S/C17H29N3O2.ClH/c1-2-4-16(21)19-10-3-5-13(12-19)17(22)20-14-6-7-15(20)11-18-9-8-14;/h13-15,18H,2-12H2,1H3;1H. The normalized spacial score (nSPS) is 30.6. The van der Waals surface area contributed by atoms with Crippen LogP contribution in [0.3, 0.4) is 0 Å². The smallest absolute Gasteiger partial charge is 0.228 e. The van der Waals surface area contributed by atoms with E-state index >= 15 is 0 Å². The number of hydrogen-bond acceptors (Lipinski definition) is 3. The van der Waals surface area contributed by atoms with E-state index in [4.69, 9.17) is 0 Å². The van der Waals surface area contributed by atoms with Crippen LogP contribution in [0.4, 0.5) is 0 Å². The maximum Gasteiger partial charge on any atom is 0.228 e. The van der Waals surface area contributed by atoms with Crippen LogP contribution in [0.25, 0.3) is 0 Å². The molecule has 5 nitrogen and oxygen atoms in total. The molecule has 0 aromatic heterocycles. The lowest BCUT2D eigenvalue weighted by atomic mass is 9.95. The fourth-order valence-electron chi connectivity index (χ4n) is 4.33. The molecule has 2 amide bonds. The van der Waals surface area contributed by atoms with E-state index in [-0.39, 0.29) is 24.2 Å². The van der Waals surface area contributed by atoms with Gasteiger partial charge in [0.25, 0.3) is 0 Å². The van der Waals surface area contributed by atoms with Gasteiger partial charge in [0.15, 0.2) is 0 Å². The van der Waals surface area contributed by atoms with Gasteiger partial charge in [-0.3, -0.25) is 9.59 Å². The number of fused-ring (bicyclic) bond motifs is 2. The Morgan fingerprint density at radius 3 is 2.70 bits per heavy atom. The Balaban J connectivity index is 0.00000192. The monoisotopic (exact) mass is 343 g/mol. The molecule has 3 fully saturated rings. The summed E-state index contributed by atoms with van der Waals surface area (Å²) in [6.07, 6.45) is 6.77. The summed E-state index contributed by atoms with van der Waals surface area (Å²) in [4.78, 5) is 29.3. The highest BCUT2D eigenvalue weighted by molar-refractivity contribution is 5.85. The number of rotatable bonds is 3. The Labute approximate surface area is 145 Å². The van der Waals surface area contributed by atoms with E-state index in [0.29, 0.717) is 31.0 Å². The quantitative estimate of drug-likeness (QED) is 0.850. The topological polar surface area (TPSA) is 52.7 Å². The maximum absolute atomic E-state index is 13.1. The lowest BCUT2D eigenvalue weighted by Crippen LogP contribution is -2.50. The van der Waals surface area contributed by atoms with Crippen LogP contribution in [0.2, 0.25) is 0 Å². The summed E-state index contributed by atoms with van der Waals surface area (Å²) in [6.45, 7) is 5.47. The van der Waals surface area contributed by atoms with Crippen LogP contribution < -0.4 is 5.32 Å². The molecule has 6 heteroatoms. The summed E-state index contributed by atoms with van der Waals surface area (Å²) >= 11 is 0. The second kappa shape index (κ2) is 8.34. The van der Waals surface area contributed by atoms with E-state index in [1.165, 1.54) is 0 Å². The third-order valence-electron chi connectivity index (χ3n) is 5.50. The van der Waals surface area contributed by atoms with Crippen molar-refractivity contribution in [1.29, 1.82) is 0 Å². The highest BCUT2D eigenvalue weighted by atomic mass is 35.5. The fraction of sp³-hybridized carbons (Fsp3) is 0.882. The zero-order valence-corrected chi connectivity index (χ0v) is 14.9. The largest absolute Gasteiger partial charge is 0.342 e. The SMILES string of the molecule is CCCC(=O)N1CCCC(C(=O)N2C3CCNCC2CC3)C1.Cl. The molecule has 132 valence electrons. The minimum Gasteiger partial charge on any atom is -0.342 e. The summed E-state index contributed by atoms with van der Waals surface area (Å²) < 4.78 is 0. The molecule has 0 saturated carbocycles. The first-order valence-corrected chi connectivity index (χ1v) is 9.01. The van der Waals surface area contributed by atoms with Gasteiger partial charge in [-0.25, -0.2) is 0 Å². The molecule has 2 bridgehead atoms. The van der Waals surface area contributed by atoms with Crippen LogP contribution in [0, 0.1) is 5.92 Å². The van der Waals surface area contributed by atoms with Gasteiger partial charge < -0.3 is 15.1 Å². The first-order chi connectivity index (χ1) is 10.7. The van der Waals surface area contributed by atoms with Crippen molar-refractivity contribution in [1.82, 2.24) is 15.1 Å². The average Bonchev–Trinajstić information content (AvgIpc) is 2.80. The van der Waals surface area contributed by atoms with Crippen molar-refractivity contribution in [2.24, 2.45) is 5.92 Å². The van der Waals surface area contributed by atoms with Crippen LogP contribution in [0.15, 0.2) is 0 Å². The van der Waals surface area contributed by atoms with Gasteiger partial charge in [0.1, 0.15) is 0 Å². The highest BCUT2D eigenvalue weighted by Gasteiger charge is 2.41. The highest BCUT2D eigenvalue weighted by Crippen LogP contribution is 2.31. The fourth-order valence-corrected chi connectivity index (χ4v) is 4.33. The van der Waals surface area contributed by atoms with Crippen molar-refractivity contribution in [3.63, 3.8) is 0 Å². The van der Waals surface area contributed by atoms with E-state index < -0.39 is 0 Å². The molecule has 3 atom stereocenters. The number of hydrogen-bond donors (Lipinski definition) is 1. The average molecular weight is 344 g/mol. The van der Waals surface area contributed by atoms with E-state index in [1.54, 1.807) is 0 Å². The number of carbonyl (C=O) groups is 2. The molecule has 0 radical (unpaired) electrons. The Hall–Kier alpha value is -0.810. The maximum atomic E-state index is 13.1. The Bertz CT molecular complexity index is 418. The van der Waals surface area contributed by atoms with E-state index in [0.717, 1.165) is 58.2 Å². The van der Waals surface area contributed by atoms with Crippen molar-refractivity contribution in [2.75, 3.05) is 26.2 Å². The molecule has 23 heavy (non-hydrogen) atoms. The van der Waals surface area contributed by atoms with Gasteiger partial charge in [0.05, 0.1) is 5.92 Å². The van der Waals surface area contributed by atoms with Crippen molar-refractivity contribution >= 4 is 24.2 Å². The second-order valence-electron chi connectivity index (χ2n) is 7.05. The van der Waals surface area contributed by atoms with Crippen LogP contribution in [0.1, 0.15) is 51.9 Å². The molecule has 3 aliphatic heterocycles. The van der Waals surface area contributed by atoms with Gasteiger partial charge in [-0.15, -0.1) is 12.4 Å². The van der Waals surface area contributed by atoms with Crippen LogP contribution >= 0.6 is 12.4 Å². The Morgan fingerprint density at radius 1 is 1.13 bits per heavy atom. The summed E-state index contributed by atoms with van der Waals surface area (Å²) in [5.41, 5.74) is 0. The first kappa shape index (κ1) is 18.5. The van der Waals surface area contributed by atoms with E-state index in [9.17, 15) is 9.59 Å². The molecule has 0 aliphatic carbocycles. The zero-order valence-electron chi connectivity index (χ0n) is 14.1. The minimum atomic E-state index is 0. The summed E-state index contributed by atoms with van der Waals surface area (Å²) in [5.74, 6) is 0.557. The molecule has 3 unspecified atom stereocenters. The molecule has 3 saturated heterocycles. The van der Waals surface area contributed by atoms with Gasteiger partial charge in [-0.1, -0.05) is 6.92 Å². The van der Waals surface area contributed by atoms with Crippen LogP contribution in [0.5, 0.6) is 0 Å². The molecular formula is C17H30ClN3O2. The lowest BCUT2D eigenvalue weighted by molar-refractivity contribution is -0.142. The predicted molar refractivity (Wildman–Crippen MR) is 92.6 cm³/mol. The van der Waals surface area contributed by atoms with Crippen molar-refractivity contribution < 1.29 is 9.59 Å². The van der Waals surface area contributed by atoms with E-state index in [2.05, 4.69) is 10.2 Å². The minimum absolute atomic E-state index is 0. The van der Waals surface area contributed by atoms with Gasteiger partial charge in [0, 0.05) is 38.1 Å². The third-order valence-corrected chi connectivity index (χ3v) is 5.50. The molecule has 3 heterocycles. The van der Waals surface area contributed by atoms with Crippen molar-refractivity contribution in [3.8, 4) is 0 Å². The second-order valence-corrected chi connectivity index (χ2v) is 7.05. The molecule has 3 rings (SSSR count). The summed E-state index contributed by atoms with van der Waals surface area (Å²) in [7, 11) is 0. The number of amides is 2. The van der Waals surface area contributed by atoms with Crippen molar-refractivity contribution in [3.05, 3.63) is 0 Å². The molecule has 0 aromatic rings. The molecular weight excluding hydrogens is 314 g/mol. The molecule has 3 aliphatic rings. The third kappa shape index (κ3) is 4.00. The van der Waals surface area contributed by atoms with Gasteiger partial charge >= 0.3 is 0 Å². The van der Waals surface area contributed by atoms with Gasteiger partial charge in [-0.05, 0) is 45.1 Å². The number of halogens is 1.